The molecule has 0 aliphatic carbocycles. The minimum atomic E-state index is -4.62. The van der Waals surface area contributed by atoms with E-state index in [4.69, 9.17) is 4.74 Å². The van der Waals surface area contributed by atoms with Crippen molar-refractivity contribution in [1.82, 2.24) is 9.31 Å². The van der Waals surface area contributed by atoms with Crippen molar-refractivity contribution >= 4 is 41.5 Å². The van der Waals surface area contributed by atoms with Gasteiger partial charge >= 0.3 is 12.3 Å². The van der Waals surface area contributed by atoms with Crippen LogP contribution in [0.15, 0.2) is 17.2 Å². The highest BCUT2D eigenvalue weighted by molar-refractivity contribution is 7.92. The number of ether oxygens (including phenoxy) is 1. The molecule has 198 valence electrons. The first-order valence-corrected chi connectivity index (χ1v) is 12.2. The molecule has 4 rings (SSSR count). The number of aryl methyl sites for hydroxylation is 1. The van der Waals surface area contributed by atoms with Crippen LogP contribution in [0, 0.1) is 0 Å². The van der Waals surface area contributed by atoms with Crippen LogP contribution in [0.5, 0.6) is 0 Å². The molecule has 2 amide bonds. The van der Waals surface area contributed by atoms with Gasteiger partial charge in [-0.05, 0) is 58.7 Å². The number of fused-ring (bicyclic) bond motifs is 3. The molecule has 13 heteroatoms. The van der Waals surface area contributed by atoms with Crippen LogP contribution in [0.4, 0.5) is 33.2 Å². The smallest absolute Gasteiger partial charge is 0.418 e. The first-order valence-electron chi connectivity index (χ1n) is 11.5. The Morgan fingerprint density at radius 2 is 1.86 bits per heavy atom. The zero-order valence-electron chi connectivity index (χ0n) is 20.9. The monoisotopic (exact) mass is 531 g/mol. The molecule has 8 nitrogen and oxygen atoms in total. The Bertz CT molecular complexity index is 1110. The van der Waals surface area contributed by atoms with Gasteiger partial charge in [0.2, 0.25) is 0 Å². The molecule has 1 aromatic rings. The molecule has 1 atom stereocenters. The number of hydrogen-bond donors (Lipinski definition) is 0. The lowest BCUT2D eigenvalue weighted by Gasteiger charge is -2.54. The number of hydrazone groups is 1. The number of amides is 2. The van der Waals surface area contributed by atoms with Crippen molar-refractivity contribution in [3.8, 4) is 0 Å². The van der Waals surface area contributed by atoms with Gasteiger partial charge in [0, 0.05) is 32.2 Å². The summed E-state index contributed by atoms with van der Waals surface area (Å²) in [6.45, 7) is 8.95. The number of likely N-dealkylation sites (tertiary alicyclic amines) is 1. The van der Waals surface area contributed by atoms with Gasteiger partial charge in [-0.25, -0.2) is 4.79 Å². The predicted octanol–water partition coefficient (Wildman–Crippen LogP) is 4.98. The van der Waals surface area contributed by atoms with Crippen LogP contribution in [0.2, 0.25) is 0 Å². The Balaban J connectivity index is 1.70. The Hall–Kier alpha value is -2.70. The minimum Gasteiger partial charge on any atom is -0.444 e. The molecule has 1 fully saturated rings. The van der Waals surface area contributed by atoms with E-state index in [1.54, 1.807) is 46.6 Å². The third-order valence-corrected chi connectivity index (χ3v) is 7.14. The molecule has 3 aliphatic rings. The lowest BCUT2D eigenvalue weighted by molar-refractivity contribution is -0.137. The maximum absolute atomic E-state index is 14.2. The second-order valence-corrected chi connectivity index (χ2v) is 11.1. The Labute approximate surface area is 211 Å². The fourth-order valence-electron chi connectivity index (χ4n) is 4.80. The summed E-state index contributed by atoms with van der Waals surface area (Å²) in [5, 5.41) is 4.05. The number of carbonyl (C=O) groups excluding carboxylic acids is 2. The zero-order chi connectivity index (χ0) is 26.8. The van der Waals surface area contributed by atoms with E-state index in [0.717, 1.165) is 6.07 Å². The van der Waals surface area contributed by atoms with Crippen molar-refractivity contribution in [1.29, 1.82) is 0 Å². The molecule has 0 radical (unpaired) electrons. The second-order valence-electron chi connectivity index (χ2n) is 10.6. The molecule has 1 aromatic carbocycles. The summed E-state index contributed by atoms with van der Waals surface area (Å²) in [6.07, 6.45) is -4.60. The highest BCUT2D eigenvalue weighted by atomic mass is 32.2. The lowest BCUT2D eigenvalue weighted by atomic mass is 9.88. The number of anilines is 2. The highest BCUT2D eigenvalue weighted by Gasteiger charge is 2.49. The Morgan fingerprint density at radius 3 is 2.42 bits per heavy atom. The van der Waals surface area contributed by atoms with Gasteiger partial charge in [0.1, 0.15) is 17.5 Å². The molecule has 3 heterocycles. The molecule has 0 bridgehead atoms. The van der Waals surface area contributed by atoms with E-state index in [2.05, 4.69) is 5.10 Å². The SMILES string of the molecule is CC1C(=O)N(SF)N=C2CCc3cc(C(F)(F)F)c(N(C)C4(C)CN(C(=O)OC(C)(C)C)C4)cc3N21. The lowest BCUT2D eigenvalue weighted by Crippen LogP contribution is -2.69. The van der Waals surface area contributed by atoms with Crippen LogP contribution in [-0.2, 0) is 22.1 Å². The van der Waals surface area contributed by atoms with Crippen LogP contribution in [-0.4, -0.2) is 64.5 Å². The van der Waals surface area contributed by atoms with E-state index in [9.17, 15) is 26.6 Å². The number of benzene rings is 1. The maximum Gasteiger partial charge on any atom is 0.418 e. The molecule has 0 N–H and O–H groups in total. The summed E-state index contributed by atoms with van der Waals surface area (Å²) in [4.78, 5) is 29.5. The Morgan fingerprint density at radius 1 is 1.22 bits per heavy atom. The number of alkyl halides is 3. The number of amidine groups is 1. The molecule has 0 aromatic heterocycles. The van der Waals surface area contributed by atoms with Crippen LogP contribution < -0.4 is 9.80 Å². The zero-order valence-corrected chi connectivity index (χ0v) is 21.8. The van der Waals surface area contributed by atoms with Crippen LogP contribution in [0.25, 0.3) is 0 Å². The first-order chi connectivity index (χ1) is 16.6. The van der Waals surface area contributed by atoms with Crippen LogP contribution in [0.3, 0.4) is 0 Å². The number of rotatable bonds is 3. The third-order valence-electron chi connectivity index (χ3n) is 6.75. The molecule has 0 spiro atoms. The van der Waals surface area contributed by atoms with E-state index < -0.39 is 40.9 Å². The van der Waals surface area contributed by atoms with Gasteiger partial charge in [0.25, 0.3) is 5.91 Å². The Kier molecular flexibility index (Phi) is 6.37. The summed E-state index contributed by atoms with van der Waals surface area (Å²) in [6, 6.07) is 1.71. The third kappa shape index (κ3) is 4.57. The van der Waals surface area contributed by atoms with Crippen molar-refractivity contribution in [2.45, 2.75) is 70.8 Å². The summed E-state index contributed by atoms with van der Waals surface area (Å²) < 4.78 is 61.8. The van der Waals surface area contributed by atoms with E-state index in [1.165, 1.54) is 15.9 Å². The quantitative estimate of drug-likeness (QED) is 0.405. The van der Waals surface area contributed by atoms with E-state index in [1.807, 2.05) is 0 Å². The molecule has 3 aliphatic heterocycles. The molecular weight excluding hydrogens is 502 g/mol. The van der Waals surface area contributed by atoms with Gasteiger partial charge in [-0.15, -0.1) is 13.4 Å². The predicted molar refractivity (Wildman–Crippen MR) is 129 cm³/mol. The average molecular weight is 532 g/mol. The van der Waals surface area contributed by atoms with Gasteiger partial charge in [0.15, 0.2) is 12.3 Å². The molecular formula is C23H29F4N5O3S. The molecule has 1 saturated heterocycles. The summed E-state index contributed by atoms with van der Waals surface area (Å²) >= 11 is -0.302. The number of hydrogen-bond acceptors (Lipinski definition) is 7. The van der Waals surface area contributed by atoms with E-state index in [0.29, 0.717) is 21.5 Å². The standard InChI is InChI=1S/C23H29F4N5O3S/c1-13-19(33)32(36-27)28-18-8-7-14-9-15(23(24,25)26)17(10-16(14)31(13)18)29(6)22(5)11-30(12-22)20(34)35-21(2,3)4/h9-10,13H,7-8,11-12H2,1-6H3. The number of nitrogens with zero attached hydrogens (tertiary/aromatic N) is 5. The molecule has 0 saturated carbocycles. The van der Waals surface area contributed by atoms with Crippen molar-refractivity contribution in [3.05, 3.63) is 23.3 Å². The van der Waals surface area contributed by atoms with Gasteiger partial charge in [0.05, 0.1) is 16.8 Å². The van der Waals surface area contributed by atoms with Crippen molar-refractivity contribution in [2.75, 3.05) is 29.9 Å². The minimum absolute atomic E-state index is 0.0733. The number of likely N-dealkylation sites (N-methyl/N-ethyl adjacent to an activating group) is 1. The number of halogens is 4. The second kappa shape index (κ2) is 8.70. The summed E-state index contributed by atoms with van der Waals surface area (Å²) in [5.74, 6) is -0.188. The van der Waals surface area contributed by atoms with Gasteiger partial charge in [-0.1, -0.05) is 0 Å². The number of carbonyl (C=O) groups is 2. The van der Waals surface area contributed by atoms with Crippen LogP contribution in [0.1, 0.15) is 52.2 Å². The fourth-order valence-corrected chi connectivity index (χ4v) is 5.14. The summed E-state index contributed by atoms with van der Waals surface area (Å²) in [7, 11) is 1.56. The summed E-state index contributed by atoms with van der Waals surface area (Å²) in [5.41, 5.74) is -1.45. The average Bonchev–Trinajstić information content (AvgIpc) is 2.75. The van der Waals surface area contributed by atoms with Gasteiger partial charge < -0.3 is 19.4 Å². The topological polar surface area (TPSA) is 68.7 Å². The molecule has 1 unspecified atom stereocenters. The van der Waals surface area contributed by atoms with Gasteiger partial charge in [-0.2, -0.15) is 13.2 Å². The molecule has 36 heavy (non-hydrogen) atoms. The van der Waals surface area contributed by atoms with Crippen molar-refractivity contribution < 1.29 is 31.4 Å². The van der Waals surface area contributed by atoms with Crippen molar-refractivity contribution in [2.24, 2.45) is 5.10 Å². The fraction of sp³-hybridized carbons (Fsp3) is 0.609. The van der Waals surface area contributed by atoms with Crippen LogP contribution >= 0.6 is 12.3 Å². The maximum atomic E-state index is 14.2. The van der Waals surface area contributed by atoms with E-state index >= 15 is 0 Å². The van der Waals surface area contributed by atoms with Crippen molar-refractivity contribution in [3.63, 3.8) is 0 Å². The highest BCUT2D eigenvalue weighted by Crippen LogP contribution is 2.46. The normalized spacial score (nSPS) is 21.4. The van der Waals surface area contributed by atoms with E-state index in [-0.39, 0.29) is 44.0 Å². The largest absolute Gasteiger partial charge is 0.444 e. The first kappa shape index (κ1) is 26.4. The van der Waals surface area contributed by atoms with Gasteiger partial charge in [-0.3, -0.25) is 4.79 Å².